The number of imide groups is 1. The molecule has 1 N–H and O–H groups in total. The predicted octanol–water partition coefficient (Wildman–Crippen LogP) is 4.34. The zero-order valence-electron chi connectivity index (χ0n) is 13.6. The Labute approximate surface area is 162 Å². The minimum atomic E-state index is -0.481. The molecule has 3 amide bonds. The Morgan fingerprint density at radius 1 is 1.27 bits per heavy atom. The van der Waals surface area contributed by atoms with Gasteiger partial charge in [-0.25, -0.2) is 9.18 Å². The van der Waals surface area contributed by atoms with Gasteiger partial charge in [0.2, 0.25) is 0 Å². The Balaban J connectivity index is 1.79. The van der Waals surface area contributed by atoms with Crippen LogP contribution in [0.2, 0.25) is 5.02 Å². The van der Waals surface area contributed by atoms with Crippen LogP contribution < -0.4 is 10.1 Å². The van der Waals surface area contributed by atoms with Crippen molar-refractivity contribution in [3.63, 3.8) is 0 Å². The number of amides is 3. The molecule has 0 atom stereocenters. The van der Waals surface area contributed by atoms with Crippen molar-refractivity contribution in [3.05, 3.63) is 68.5 Å². The van der Waals surface area contributed by atoms with Gasteiger partial charge in [-0.05, 0) is 57.4 Å². The Morgan fingerprint density at radius 3 is 2.54 bits per heavy atom. The van der Waals surface area contributed by atoms with Crippen molar-refractivity contribution in [2.75, 3.05) is 7.05 Å². The summed E-state index contributed by atoms with van der Waals surface area (Å²) in [6, 6.07) is 8.82. The van der Waals surface area contributed by atoms with Crippen LogP contribution in [0.1, 0.15) is 11.1 Å². The van der Waals surface area contributed by atoms with Gasteiger partial charge in [0.05, 0.1) is 9.50 Å². The fourth-order valence-electron chi connectivity index (χ4n) is 2.33. The molecule has 2 aromatic rings. The summed E-state index contributed by atoms with van der Waals surface area (Å²) < 4.78 is 19.2. The second-order valence-corrected chi connectivity index (χ2v) is 6.84. The number of hydrogen-bond donors (Lipinski definition) is 1. The van der Waals surface area contributed by atoms with E-state index in [1.54, 1.807) is 24.3 Å². The van der Waals surface area contributed by atoms with Gasteiger partial charge in [-0.1, -0.05) is 23.7 Å². The van der Waals surface area contributed by atoms with Crippen LogP contribution in [0.25, 0.3) is 6.08 Å². The molecule has 0 unspecified atom stereocenters. The molecule has 26 heavy (non-hydrogen) atoms. The number of rotatable bonds is 4. The lowest BCUT2D eigenvalue weighted by molar-refractivity contribution is -0.121. The van der Waals surface area contributed by atoms with E-state index in [0.29, 0.717) is 20.8 Å². The summed E-state index contributed by atoms with van der Waals surface area (Å²) in [4.78, 5) is 24.4. The summed E-state index contributed by atoms with van der Waals surface area (Å²) in [6.45, 7) is 0.221. The van der Waals surface area contributed by atoms with Crippen LogP contribution in [0, 0.1) is 5.82 Å². The van der Waals surface area contributed by atoms with Crippen LogP contribution in [0.4, 0.5) is 9.18 Å². The number of nitrogens with zero attached hydrogens (tertiary/aromatic N) is 1. The fourth-order valence-corrected chi connectivity index (χ4v) is 3.32. The number of hydrogen-bond acceptors (Lipinski definition) is 3. The van der Waals surface area contributed by atoms with Crippen LogP contribution in [0.15, 0.2) is 46.6 Å². The van der Waals surface area contributed by atoms with E-state index in [9.17, 15) is 14.0 Å². The first kappa shape index (κ1) is 18.4. The van der Waals surface area contributed by atoms with Crippen LogP contribution in [0.3, 0.4) is 0 Å². The molecule has 1 heterocycles. The van der Waals surface area contributed by atoms with Gasteiger partial charge in [0.15, 0.2) is 5.75 Å². The molecule has 1 saturated heterocycles. The fraction of sp³-hybridized carbons (Fsp3) is 0.111. The van der Waals surface area contributed by atoms with Gasteiger partial charge < -0.3 is 10.1 Å². The van der Waals surface area contributed by atoms with Gasteiger partial charge in [0.1, 0.15) is 18.1 Å². The molecule has 2 aromatic carbocycles. The van der Waals surface area contributed by atoms with Crippen molar-refractivity contribution in [1.29, 1.82) is 0 Å². The van der Waals surface area contributed by atoms with Gasteiger partial charge in [-0.3, -0.25) is 9.69 Å². The molecule has 134 valence electrons. The first-order valence-electron chi connectivity index (χ1n) is 7.52. The monoisotopic (exact) mass is 438 g/mol. The van der Waals surface area contributed by atoms with Crippen molar-refractivity contribution in [2.45, 2.75) is 6.61 Å². The summed E-state index contributed by atoms with van der Waals surface area (Å²) in [5, 5.41) is 2.82. The van der Waals surface area contributed by atoms with Crippen LogP contribution in [0.5, 0.6) is 5.75 Å². The highest BCUT2D eigenvalue weighted by molar-refractivity contribution is 9.10. The normalized spacial score (nSPS) is 15.5. The smallest absolute Gasteiger partial charge is 0.328 e. The molecule has 5 nitrogen and oxygen atoms in total. The van der Waals surface area contributed by atoms with Crippen molar-refractivity contribution in [3.8, 4) is 5.75 Å². The third-order valence-corrected chi connectivity index (χ3v) is 4.58. The molecule has 0 radical (unpaired) electrons. The van der Waals surface area contributed by atoms with Crippen molar-refractivity contribution in [1.82, 2.24) is 10.2 Å². The minimum absolute atomic E-state index is 0.167. The summed E-state index contributed by atoms with van der Waals surface area (Å²) in [5.74, 6) is -0.305. The molecule has 3 rings (SSSR count). The van der Waals surface area contributed by atoms with Crippen molar-refractivity contribution < 1.29 is 18.7 Å². The average molecular weight is 440 g/mol. The number of likely N-dealkylation sites (N-methyl/N-ethyl adjacent to an activating group) is 1. The van der Waals surface area contributed by atoms with Gasteiger partial charge in [0.25, 0.3) is 5.91 Å². The van der Waals surface area contributed by atoms with E-state index in [4.69, 9.17) is 16.3 Å². The van der Waals surface area contributed by atoms with Crippen molar-refractivity contribution in [2.24, 2.45) is 0 Å². The minimum Gasteiger partial charge on any atom is -0.486 e. The molecule has 8 heteroatoms. The highest BCUT2D eigenvalue weighted by Gasteiger charge is 2.30. The second kappa shape index (κ2) is 7.47. The van der Waals surface area contributed by atoms with E-state index in [1.165, 1.54) is 25.3 Å². The largest absolute Gasteiger partial charge is 0.486 e. The summed E-state index contributed by atoms with van der Waals surface area (Å²) in [7, 11) is 1.40. The molecule has 0 aliphatic carbocycles. The van der Waals surface area contributed by atoms with Gasteiger partial charge >= 0.3 is 6.03 Å². The quantitative estimate of drug-likeness (QED) is 0.569. The summed E-state index contributed by atoms with van der Waals surface area (Å²) >= 11 is 9.67. The number of carbonyl (C=O) groups is 2. The lowest BCUT2D eigenvalue weighted by Gasteiger charge is -2.11. The number of carbonyl (C=O) groups excluding carboxylic acids is 2. The van der Waals surface area contributed by atoms with E-state index in [-0.39, 0.29) is 18.1 Å². The van der Waals surface area contributed by atoms with E-state index in [0.717, 1.165) is 10.5 Å². The maximum absolute atomic E-state index is 12.9. The first-order valence-corrected chi connectivity index (χ1v) is 8.69. The third kappa shape index (κ3) is 3.89. The van der Waals surface area contributed by atoms with Crippen LogP contribution >= 0.6 is 27.5 Å². The summed E-state index contributed by atoms with van der Waals surface area (Å²) in [6.07, 6.45) is 1.53. The Kier molecular flexibility index (Phi) is 5.29. The molecule has 1 aliphatic heterocycles. The van der Waals surface area contributed by atoms with Crippen LogP contribution in [-0.2, 0) is 11.4 Å². The third-order valence-electron chi connectivity index (χ3n) is 3.71. The van der Waals surface area contributed by atoms with Gasteiger partial charge in [-0.2, -0.15) is 0 Å². The maximum Gasteiger partial charge on any atom is 0.328 e. The maximum atomic E-state index is 12.9. The highest BCUT2D eigenvalue weighted by Crippen LogP contribution is 2.35. The SMILES string of the molecule is CN1C(=O)N/C(=C/c2cc(Cl)c(OCc3ccc(F)cc3)c(Br)c2)C1=O. The average Bonchev–Trinajstić information content (AvgIpc) is 2.83. The number of benzene rings is 2. The van der Waals surface area contributed by atoms with E-state index in [1.807, 2.05) is 0 Å². The predicted molar refractivity (Wildman–Crippen MR) is 99.2 cm³/mol. The van der Waals surface area contributed by atoms with Crippen LogP contribution in [-0.4, -0.2) is 23.9 Å². The zero-order valence-corrected chi connectivity index (χ0v) is 15.9. The van der Waals surface area contributed by atoms with E-state index in [2.05, 4.69) is 21.2 Å². The van der Waals surface area contributed by atoms with E-state index >= 15 is 0 Å². The topological polar surface area (TPSA) is 58.6 Å². The number of halogens is 3. The Bertz CT molecular complexity index is 892. The van der Waals surface area contributed by atoms with E-state index < -0.39 is 11.9 Å². The molecular formula is C18H13BrClFN2O3. The Morgan fingerprint density at radius 2 is 1.96 bits per heavy atom. The van der Waals surface area contributed by atoms with Crippen molar-refractivity contribution >= 4 is 45.5 Å². The zero-order chi connectivity index (χ0) is 18.8. The molecule has 0 aromatic heterocycles. The highest BCUT2D eigenvalue weighted by atomic mass is 79.9. The molecular weight excluding hydrogens is 427 g/mol. The molecule has 0 bridgehead atoms. The number of urea groups is 1. The van der Waals surface area contributed by atoms with Gasteiger partial charge in [-0.15, -0.1) is 0 Å². The molecule has 0 spiro atoms. The first-order chi connectivity index (χ1) is 12.3. The number of nitrogens with one attached hydrogen (secondary N) is 1. The molecule has 1 aliphatic rings. The lowest BCUT2D eigenvalue weighted by atomic mass is 10.1. The summed E-state index contributed by atoms with van der Waals surface area (Å²) in [5.41, 5.74) is 1.58. The van der Waals surface area contributed by atoms with Gasteiger partial charge in [0, 0.05) is 7.05 Å². The molecule has 1 fully saturated rings. The molecule has 0 saturated carbocycles. The Hall–Kier alpha value is -2.38. The lowest BCUT2D eigenvalue weighted by Crippen LogP contribution is -2.25. The second-order valence-electron chi connectivity index (χ2n) is 5.58. The number of ether oxygens (including phenoxy) is 1. The standard InChI is InChI=1S/C18H13BrClFN2O3/c1-23-17(24)15(22-18(23)25)8-11-6-13(19)16(14(20)7-11)26-9-10-2-4-12(21)5-3-10/h2-8H,9H2,1H3,(H,22,25)/b15-8+.